The van der Waals surface area contributed by atoms with Gasteiger partial charge in [-0.1, -0.05) is 38.3 Å². The van der Waals surface area contributed by atoms with Crippen LogP contribution in [0.4, 0.5) is 30.7 Å². The van der Waals surface area contributed by atoms with Crippen LogP contribution in [0.5, 0.6) is 5.75 Å². The highest BCUT2D eigenvalue weighted by atomic mass is 19.4. The Balaban J connectivity index is 1.09. The van der Waals surface area contributed by atoms with Gasteiger partial charge in [0.25, 0.3) is 0 Å². The standard InChI is InChI=1S/C35H43F7O3/c1-2-3-4-5-22-20-43-33(44-21-22)26-8-6-23(7-9-26)24-10-16-28(17-11-24)35(41,42)45-29-18-30(36)32(31(37)19-29)25-12-14-27(15-13-25)34(38,39)40/h12-15,18-19,22-24,26,28,33H,2-11,16-17,20-21H2,1H3. The molecule has 45 heavy (non-hydrogen) atoms. The molecule has 3 nitrogen and oxygen atoms in total. The van der Waals surface area contributed by atoms with E-state index < -0.39 is 46.7 Å². The molecule has 0 atom stereocenters. The van der Waals surface area contributed by atoms with E-state index in [1.54, 1.807) is 0 Å². The van der Waals surface area contributed by atoms with Crippen LogP contribution >= 0.6 is 0 Å². The molecule has 2 aromatic carbocycles. The summed E-state index contributed by atoms with van der Waals surface area (Å²) in [6.45, 7) is 3.72. The summed E-state index contributed by atoms with van der Waals surface area (Å²) >= 11 is 0. The van der Waals surface area contributed by atoms with Gasteiger partial charge < -0.3 is 14.2 Å². The first-order chi connectivity index (χ1) is 21.4. The Morgan fingerprint density at radius 2 is 1.27 bits per heavy atom. The summed E-state index contributed by atoms with van der Waals surface area (Å²) in [7, 11) is 0. The molecule has 0 N–H and O–H groups in total. The van der Waals surface area contributed by atoms with Gasteiger partial charge in [-0.3, -0.25) is 0 Å². The fourth-order valence-corrected chi connectivity index (χ4v) is 7.45. The Bertz CT molecular complexity index is 1200. The minimum atomic E-state index is -4.60. The number of rotatable bonds is 10. The molecular weight excluding hydrogens is 601 g/mol. The summed E-state index contributed by atoms with van der Waals surface area (Å²) in [5, 5.41) is 0. The van der Waals surface area contributed by atoms with E-state index in [2.05, 4.69) is 6.92 Å². The Morgan fingerprint density at radius 3 is 1.80 bits per heavy atom. The van der Waals surface area contributed by atoms with Gasteiger partial charge in [-0.2, -0.15) is 22.0 Å². The summed E-state index contributed by atoms with van der Waals surface area (Å²) < 4.78 is 116. The largest absolute Gasteiger partial charge is 0.432 e. The van der Waals surface area contributed by atoms with Crippen molar-refractivity contribution in [3.63, 3.8) is 0 Å². The zero-order valence-corrected chi connectivity index (χ0v) is 25.7. The lowest BCUT2D eigenvalue weighted by atomic mass is 9.69. The van der Waals surface area contributed by atoms with Crippen molar-refractivity contribution in [2.45, 2.75) is 103 Å². The zero-order chi connectivity index (χ0) is 32.2. The molecule has 3 fully saturated rings. The fraction of sp³-hybridized carbons (Fsp3) is 0.657. The molecule has 0 unspecified atom stereocenters. The molecule has 2 aliphatic carbocycles. The monoisotopic (exact) mass is 644 g/mol. The summed E-state index contributed by atoms with van der Waals surface area (Å²) in [6.07, 6.45) is 2.29. The maximum absolute atomic E-state index is 15.2. The van der Waals surface area contributed by atoms with Crippen molar-refractivity contribution in [1.82, 2.24) is 0 Å². The number of alkyl halides is 5. The van der Waals surface area contributed by atoms with Gasteiger partial charge in [0, 0.05) is 24.0 Å². The molecule has 1 aliphatic heterocycles. The van der Waals surface area contributed by atoms with Crippen LogP contribution in [0.1, 0.15) is 89.5 Å². The van der Waals surface area contributed by atoms with Crippen LogP contribution in [0.15, 0.2) is 36.4 Å². The molecule has 3 aliphatic rings. The number of benzene rings is 2. The number of ether oxygens (including phenoxy) is 3. The predicted octanol–water partition coefficient (Wildman–Crippen LogP) is 10.8. The van der Waals surface area contributed by atoms with Gasteiger partial charge in [-0.15, -0.1) is 0 Å². The summed E-state index contributed by atoms with van der Waals surface area (Å²) in [5.74, 6) is -2.46. The highest BCUT2D eigenvalue weighted by molar-refractivity contribution is 5.66. The number of unbranched alkanes of at least 4 members (excludes halogenated alkanes) is 2. The Morgan fingerprint density at radius 1 is 0.733 bits per heavy atom. The van der Waals surface area contributed by atoms with Crippen LogP contribution in [0.2, 0.25) is 0 Å². The second kappa shape index (κ2) is 14.6. The summed E-state index contributed by atoms with van der Waals surface area (Å²) in [4.78, 5) is 0. The maximum Gasteiger partial charge on any atom is 0.416 e. The molecule has 0 aromatic heterocycles. The quantitative estimate of drug-likeness (QED) is 0.190. The number of hydrogen-bond donors (Lipinski definition) is 0. The van der Waals surface area contributed by atoms with E-state index in [-0.39, 0.29) is 24.7 Å². The summed E-state index contributed by atoms with van der Waals surface area (Å²) in [6, 6.07) is 4.59. The maximum atomic E-state index is 15.2. The van der Waals surface area contributed by atoms with E-state index in [4.69, 9.17) is 14.2 Å². The number of halogens is 7. The normalized spacial score (nSPS) is 28.2. The lowest BCUT2D eigenvalue weighted by molar-refractivity contribution is -0.232. The molecule has 0 bridgehead atoms. The lowest BCUT2D eigenvalue weighted by Crippen LogP contribution is -2.40. The highest BCUT2D eigenvalue weighted by Crippen LogP contribution is 2.47. The molecule has 5 rings (SSSR count). The third kappa shape index (κ3) is 8.53. The third-order valence-corrected chi connectivity index (χ3v) is 10.1. The van der Waals surface area contributed by atoms with Gasteiger partial charge in [0.15, 0.2) is 6.29 Å². The van der Waals surface area contributed by atoms with Crippen LogP contribution in [0, 0.1) is 41.2 Å². The SMILES string of the molecule is CCCCCC1COC(C2CCC(C3CCC(C(F)(F)Oc4cc(F)c(-c5ccc(C(F)(F)F)cc5)c(F)c4)CC3)CC2)OC1. The van der Waals surface area contributed by atoms with E-state index in [1.807, 2.05) is 0 Å². The van der Waals surface area contributed by atoms with Crippen molar-refractivity contribution < 1.29 is 44.9 Å². The molecular formula is C35H43F7O3. The lowest BCUT2D eigenvalue weighted by Gasteiger charge is -2.41. The molecule has 10 heteroatoms. The first kappa shape index (κ1) is 34.0. The van der Waals surface area contributed by atoms with Crippen LogP contribution in [-0.4, -0.2) is 25.6 Å². The molecule has 0 radical (unpaired) electrons. The van der Waals surface area contributed by atoms with Crippen molar-refractivity contribution in [1.29, 1.82) is 0 Å². The highest BCUT2D eigenvalue weighted by Gasteiger charge is 2.45. The van der Waals surface area contributed by atoms with Crippen molar-refractivity contribution >= 4 is 0 Å². The third-order valence-electron chi connectivity index (χ3n) is 10.1. The fourth-order valence-electron chi connectivity index (χ4n) is 7.45. The van der Waals surface area contributed by atoms with Crippen molar-refractivity contribution in [2.24, 2.45) is 29.6 Å². The van der Waals surface area contributed by atoms with Crippen molar-refractivity contribution in [3.05, 3.63) is 53.6 Å². The Kier molecular flexibility index (Phi) is 11.0. The predicted molar refractivity (Wildman–Crippen MR) is 157 cm³/mol. The van der Waals surface area contributed by atoms with Crippen LogP contribution in [0.25, 0.3) is 11.1 Å². The van der Waals surface area contributed by atoms with E-state index in [0.717, 1.165) is 57.5 Å². The van der Waals surface area contributed by atoms with Crippen LogP contribution in [0.3, 0.4) is 0 Å². The van der Waals surface area contributed by atoms with Gasteiger partial charge in [0.05, 0.1) is 30.3 Å². The zero-order valence-electron chi connectivity index (χ0n) is 25.7. The molecule has 0 spiro atoms. The van der Waals surface area contributed by atoms with Crippen molar-refractivity contribution in [3.8, 4) is 16.9 Å². The van der Waals surface area contributed by atoms with Gasteiger partial charge in [0.2, 0.25) is 0 Å². The second-order valence-electron chi connectivity index (χ2n) is 13.2. The van der Waals surface area contributed by atoms with Crippen LogP contribution in [-0.2, 0) is 15.7 Å². The topological polar surface area (TPSA) is 27.7 Å². The van der Waals surface area contributed by atoms with Gasteiger partial charge in [-0.05, 0) is 87.3 Å². The molecule has 1 saturated heterocycles. The van der Waals surface area contributed by atoms with Gasteiger partial charge >= 0.3 is 12.3 Å². The number of hydrogen-bond acceptors (Lipinski definition) is 3. The Labute approximate surface area is 260 Å². The smallest absolute Gasteiger partial charge is 0.416 e. The Hall–Kier alpha value is -2.33. The van der Waals surface area contributed by atoms with Crippen LogP contribution < -0.4 is 4.74 Å². The molecule has 0 amide bonds. The molecule has 2 aromatic rings. The first-order valence-corrected chi connectivity index (χ1v) is 16.4. The van der Waals surface area contributed by atoms with Gasteiger partial charge in [0.1, 0.15) is 17.4 Å². The average molecular weight is 645 g/mol. The minimum Gasteiger partial charge on any atom is -0.432 e. The van der Waals surface area contributed by atoms with E-state index in [1.165, 1.54) is 19.3 Å². The van der Waals surface area contributed by atoms with E-state index in [0.29, 0.717) is 60.8 Å². The molecule has 2 saturated carbocycles. The molecule has 250 valence electrons. The first-order valence-electron chi connectivity index (χ1n) is 16.4. The van der Waals surface area contributed by atoms with Crippen molar-refractivity contribution in [2.75, 3.05) is 13.2 Å². The van der Waals surface area contributed by atoms with E-state index in [9.17, 15) is 22.0 Å². The van der Waals surface area contributed by atoms with E-state index >= 15 is 8.78 Å². The van der Waals surface area contributed by atoms with Gasteiger partial charge in [-0.25, -0.2) is 8.78 Å². The average Bonchev–Trinajstić information content (AvgIpc) is 3.01. The molecule has 1 heterocycles. The second-order valence-corrected chi connectivity index (χ2v) is 13.2. The minimum absolute atomic E-state index is 0.140. The summed E-state index contributed by atoms with van der Waals surface area (Å²) in [5.41, 5.74) is -1.72.